The molecule has 0 unspecified atom stereocenters. The molecular weight excluding hydrogens is 749 g/mol. The highest BCUT2D eigenvalue weighted by Crippen LogP contribution is 2.63. The molecule has 0 atom stereocenters. The zero-order valence-corrected chi connectivity index (χ0v) is 35.1. The number of fused-ring (bicyclic) bond motifs is 11. The molecule has 62 heavy (non-hydrogen) atoms. The van der Waals surface area contributed by atoms with Crippen molar-refractivity contribution in [3.63, 3.8) is 0 Å². The Hall–Kier alpha value is -7.52. The van der Waals surface area contributed by atoms with E-state index < -0.39 is 5.41 Å². The Morgan fingerprint density at radius 2 is 1.03 bits per heavy atom. The van der Waals surface area contributed by atoms with Gasteiger partial charge < -0.3 is 10.2 Å². The second-order valence-electron chi connectivity index (χ2n) is 16.6. The number of aryl methyl sites for hydroxylation is 1. The smallest absolute Gasteiger partial charge is 0.0726 e. The minimum Gasteiger partial charge on any atom is -0.316 e. The lowest BCUT2D eigenvalue weighted by atomic mass is 9.70. The number of nitrogens with one attached hydrogen (secondary N) is 1. The Morgan fingerprint density at radius 1 is 0.516 bits per heavy atom. The number of allylic oxidation sites excluding steroid dienone is 2. The van der Waals surface area contributed by atoms with Crippen LogP contribution in [0, 0.1) is 6.92 Å². The van der Waals surface area contributed by atoms with Crippen molar-refractivity contribution in [1.82, 2.24) is 5.32 Å². The molecular formula is C60H46N2. The SMILES string of the molecule is C=C(/C=C(\CNC)c1ccc2ccccc2c1C)c1ccc(N(c2ccc(-c3ccccc3)cc2)c2ccc3c(c2)C2(c4ccccc4-c4ccccc42)c2ccccc2-3)cc1. The Bertz CT molecular complexity index is 3140. The topological polar surface area (TPSA) is 15.3 Å². The number of rotatable bonds is 9. The van der Waals surface area contributed by atoms with Gasteiger partial charge in [-0.1, -0.05) is 176 Å². The molecule has 1 N–H and O–H groups in total. The summed E-state index contributed by atoms with van der Waals surface area (Å²) in [5, 5.41) is 5.95. The lowest BCUT2D eigenvalue weighted by molar-refractivity contribution is 0.793. The van der Waals surface area contributed by atoms with E-state index in [1.807, 2.05) is 7.05 Å². The van der Waals surface area contributed by atoms with Crippen LogP contribution in [0.2, 0.25) is 0 Å². The van der Waals surface area contributed by atoms with Crippen LogP contribution >= 0.6 is 0 Å². The van der Waals surface area contributed by atoms with E-state index in [1.54, 1.807) is 0 Å². The van der Waals surface area contributed by atoms with Crippen molar-refractivity contribution < 1.29 is 0 Å². The average molecular weight is 795 g/mol. The van der Waals surface area contributed by atoms with E-state index in [4.69, 9.17) is 0 Å². The summed E-state index contributed by atoms with van der Waals surface area (Å²) in [6, 6.07) is 75.8. The zero-order chi connectivity index (χ0) is 41.8. The van der Waals surface area contributed by atoms with Gasteiger partial charge in [-0.2, -0.15) is 0 Å². The van der Waals surface area contributed by atoms with Gasteiger partial charge in [-0.25, -0.2) is 0 Å². The Labute approximate surface area is 364 Å². The van der Waals surface area contributed by atoms with Crippen LogP contribution in [0.25, 0.3) is 55.3 Å². The number of hydrogen-bond donors (Lipinski definition) is 1. The molecule has 9 aromatic carbocycles. The number of anilines is 3. The predicted molar refractivity (Wildman–Crippen MR) is 262 cm³/mol. The van der Waals surface area contributed by atoms with Gasteiger partial charge >= 0.3 is 0 Å². The molecule has 0 heterocycles. The van der Waals surface area contributed by atoms with Crippen LogP contribution in [0.15, 0.2) is 219 Å². The molecule has 0 aliphatic heterocycles. The van der Waals surface area contributed by atoms with E-state index in [2.05, 4.69) is 236 Å². The molecule has 2 heteroatoms. The number of nitrogens with zero attached hydrogens (tertiary/aromatic N) is 1. The van der Waals surface area contributed by atoms with E-state index in [1.165, 1.54) is 83.1 Å². The second-order valence-corrected chi connectivity index (χ2v) is 16.6. The molecule has 2 aliphatic carbocycles. The summed E-state index contributed by atoms with van der Waals surface area (Å²) in [5.41, 5.74) is 21.6. The molecule has 2 nitrogen and oxygen atoms in total. The molecule has 0 aromatic heterocycles. The number of benzene rings is 9. The van der Waals surface area contributed by atoms with Gasteiger partial charge in [0.05, 0.1) is 5.41 Å². The molecule has 1 spiro atoms. The summed E-state index contributed by atoms with van der Waals surface area (Å²) in [5.74, 6) is 0. The van der Waals surface area contributed by atoms with Crippen molar-refractivity contribution in [2.24, 2.45) is 0 Å². The van der Waals surface area contributed by atoms with Crippen molar-refractivity contribution >= 4 is 39.0 Å². The minimum atomic E-state index is -0.430. The quantitative estimate of drug-likeness (QED) is 0.146. The van der Waals surface area contributed by atoms with Gasteiger partial charge in [0.1, 0.15) is 0 Å². The van der Waals surface area contributed by atoms with Crippen LogP contribution in [0.5, 0.6) is 0 Å². The normalized spacial score (nSPS) is 13.1. The second kappa shape index (κ2) is 15.2. The molecule has 9 aromatic rings. The summed E-state index contributed by atoms with van der Waals surface area (Å²) in [7, 11) is 2.01. The van der Waals surface area contributed by atoms with Gasteiger partial charge in [0, 0.05) is 23.6 Å². The maximum absolute atomic E-state index is 4.61. The Kier molecular flexibility index (Phi) is 9.18. The van der Waals surface area contributed by atoms with Crippen molar-refractivity contribution in [2.75, 3.05) is 18.5 Å². The lowest BCUT2D eigenvalue weighted by Gasteiger charge is -2.32. The summed E-state index contributed by atoms with van der Waals surface area (Å²) in [6.07, 6.45) is 2.25. The summed E-state index contributed by atoms with van der Waals surface area (Å²) >= 11 is 0. The van der Waals surface area contributed by atoms with E-state index >= 15 is 0 Å². The zero-order valence-electron chi connectivity index (χ0n) is 35.1. The summed E-state index contributed by atoms with van der Waals surface area (Å²) in [6.45, 7) is 7.58. The first-order valence-corrected chi connectivity index (χ1v) is 21.6. The van der Waals surface area contributed by atoms with Crippen LogP contribution in [0.1, 0.15) is 38.9 Å². The Morgan fingerprint density at radius 3 is 1.66 bits per heavy atom. The van der Waals surface area contributed by atoms with Gasteiger partial charge in [-0.3, -0.25) is 0 Å². The predicted octanol–water partition coefficient (Wildman–Crippen LogP) is 14.9. The summed E-state index contributed by atoms with van der Waals surface area (Å²) in [4.78, 5) is 2.41. The molecule has 0 saturated carbocycles. The van der Waals surface area contributed by atoms with E-state index in [9.17, 15) is 0 Å². The van der Waals surface area contributed by atoms with Gasteiger partial charge in [-0.05, 0) is 151 Å². The van der Waals surface area contributed by atoms with Crippen molar-refractivity contribution in [1.29, 1.82) is 0 Å². The molecule has 2 aliphatic rings. The fourth-order valence-electron chi connectivity index (χ4n) is 10.4. The summed E-state index contributed by atoms with van der Waals surface area (Å²) < 4.78 is 0. The highest BCUT2D eigenvalue weighted by Gasteiger charge is 2.51. The fraction of sp³-hybridized carbons (Fsp3) is 0.0667. The van der Waals surface area contributed by atoms with Crippen LogP contribution in [0.3, 0.4) is 0 Å². The molecule has 0 radical (unpaired) electrons. The van der Waals surface area contributed by atoms with E-state index in [-0.39, 0.29) is 0 Å². The molecule has 296 valence electrons. The molecule has 0 fully saturated rings. The Balaban J connectivity index is 1.04. The lowest BCUT2D eigenvalue weighted by Crippen LogP contribution is -2.26. The van der Waals surface area contributed by atoms with Gasteiger partial charge in [-0.15, -0.1) is 0 Å². The maximum atomic E-state index is 4.61. The molecule has 0 amide bonds. The molecule has 11 rings (SSSR count). The van der Waals surface area contributed by atoms with Crippen LogP contribution in [-0.2, 0) is 5.41 Å². The highest BCUT2D eigenvalue weighted by atomic mass is 15.1. The van der Waals surface area contributed by atoms with Gasteiger partial charge in [0.2, 0.25) is 0 Å². The molecule has 0 bridgehead atoms. The average Bonchev–Trinajstić information content (AvgIpc) is 3.80. The highest BCUT2D eigenvalue weighted by molar-refractivity contribution is 5.97. The first-order valence-electron chi connectivity index (χ1n) is 21.6. The van der Waals surface area contributed by atoms with Crippen molar-refractivity contribution in [2.45, 2.75) is 12.3 Å². The monoisotopic (exact) mass is 794 g/mol. The third-order valence-electron chi connectivity index (χ3n) is 13.2. The minimum absolute atomic E-state index is 0.430. The first kappa shape index (κ1) is 37.5. The van der Waals surface area contributed by atoms with E-state index in [0.717, 1.165) is 34.7 Å². The fourth-order valence-corrected chi connectivity index (χ4v) is 10.4. The van der Waals surface area contributed by atoms with Crippen molar-refractivity contribution in [3.8, 4) is 33.4 Å². The molecule has 0 saturated heterocycles. The third kappa shape index (κ3) is 5.90. The standard InChI is InChI=1S/C60H46N2/c1-40(37-46(39-61-3)51-35-29-45-17-7-8-18-50(45)41(51)2)42-25-30-47(31-26-42)62(48-32-27-44(28-33-48)43-15-5-4-6-16-43)49-34-36-55-54-21-11-14-24-58(54)60(59(55)38-49)56-22-12-9-19-52(56)53-20-10-13-23-57(53)60/h4-38,61H,1,39H2,2-3H3/b46-37+. The van der Waals surface area contributed by atoms with Crippen molar-refractivity contribution in [3.05, 3.63) is 258 Å². The van der Waals surface area contributed by atoms with Gasteiger partial charge in [0.15, 0.2) is 0 Å². The van der Waals surface area contributed by atoms with Crippen LogP contribution in [0.4, 0.5) is 17.1 Å². The third-order valence-corrected chi connectivity index (χ3v) is 13.2. The maximum Gasteiger partial charge on any atom is 0.0726 e. The van der Waals surface area contributed by atoms with Crippen LogP contribution in [-0.4, -0.2) is 13.6 Å². The van der Waals surface area contributed by atoms with E-state index in [0.29, 0.717) is 0 Å². The van der Waals surface area contributed by atoms with Crippen LogP contribution < -0.4 is 10.2 Å². The van der Waals surface area contributed by atoms with Gasteiger partial charge in [0.25, 0.3) is 0 Å². The number of hydrogen-bond acceptors (Lipinski definition) is 2. The number of likely N-dealkylation sites (N-methyl/N-ethyl adjacent to an activating group) is 1. The first-order chi connectivity index (χ1) is 30.5. The largest absolute Gasteiger partial charge is 0.316 e.